The van der Waals surface area contributed by atoms with Gasteiger partial charge in [-0.05, 0) is 0 Å². The Hall–Kier alpha value is -4.25. The van der Waals surface area contributed by atoms with Crippen LogP contribution in [0.3, 0.4) is 0 Å². The van der Waals surface area contributed by atoms with Crippen LogP contribution < -0.4 is 5.84 Å². The Bertz CT molecular complexity index is 1220. The molecule has 4 rings (SSSR count). The zero-order valence-electron chi connectivity index (χ0n) is 13.9. The van der Waals surface area contributed by atoms with E-state index in [-0.39, 0.29) is 27.7 Å². The van der Waals surface area contributed by atoms with E-state index in [2.05, 4.69) is 4.98 Å². The minimum atomic E-state index is -0.917. The Balaban J connectivity index is 2.23. The van der Waals surface area contributed by atoms with Gasteiger partial charge in [-0.3, -0.25) is 29.8 Å². The van der Waals surface area contributed by atoms with E-state index in [1.165, 1.54) is 0 Å². The van der Waals surface area contributed by atoms with Gasteiger partial charge in [0, 0.05) is 17.0 Å². The number of amides is 2. The Morgan fingerprint density at radius 3 is 2.18 bits per heavy atom. The maximum atomic E-state index is 12.6. The number of carbonyl (C=O) groups excluding carboxylic acids is 2. The molecule has 2 heterocycles. The van der Waals surface area contributed by atoms with Crippen LogP contribution in [0.25, 0.3) is 22.2 Å². The number of rotatable bonds is 3. The van der Waals surface area contributed by atoms with Crippen LogP contribution in [0, 0.1) is 20.2 Å². The molecule has 1 aromatic heterocycles. The molecule has 11 heteroatoms. The highest BCUT2D eigenvalue weighted by atomic mass is 16.6. The van der Waals surface area contributed by atoms with Gasteiger partial charge < -0.3 is 0 Å². The van der Waals surface area contributed by atoms with E-state index in [1.54, 1.807) is 30.3 Å². The summed E-state index contributed by atoms with van der Waals surface area (Å²) in [5.74, 6) is 3.78. The topological polar surface area (TPSA) is 163 Å². The molecule has 0 aliphatic carbocycles. The number of aromatic nitrogens is 1. The molecule has 3 aromatic rings. The van der Waals surface area contributed by atoms with Gasteiger partial charge in [0.05, 0.1) is 32.7 Å². The number of carbonyl (C=O) groups is 2. The largest absolute Gasteiger partial charge is 0.302 e. The summed E-state index contributed by atoms with van der Waals surface area (Å²) in [5, 5.41) is 22.9. The van der Waals surface area contributed by atoms with Crippen LogP contribution in [0.5, 0.6) is 0 Å². The Labute approximate surface area is 155 Å². The highest BCUT2D eigenvalue weighted by Crippen LogP contribution is 2.39. The lowest BCUT2D eigenvalue weighted by Gasteiger charge is -2.09. The number of nitrogens with zero attached hydrogens (tertiary/aromatic N) is 4. The van der Waals surface area contributed by atoms with Crippen molar-refractivity contribution in [1.29, 1.82) is 0 Å². The van der Waals surface area contributed by atoms with Gasteiger partial charge in [-0.25, -0.2) is 15.8 Å². The van der Waals surface area contributed by atoms with Gasteiger partial charge in [-0.1, -0.05) is 30.3 Å². The van der Waals surface area contributed by atoms with Crippen LogP contribution in [0.15, 0.2) is 42.5 Å². The number of imide groups is 1. The molecule has 28 heavy (non-hydrogen) atoms. The van der Waals surface area contributed by atoms with Gasteiger partial charge in [-0.15, -0.1) is 0 Å². The SMILES string of the molecule is NN1C(=O)c2c(-c3ccccc3)nc3c([N+](=O)[O-])cc([N+](=O)[O-])cc3c2C1=O. The summed E-state index contributed by atoms with van der Waals surface area (Å²) in [4.78, 5) is 50.4. The molecule has 1 aliphatic heterocycles. The molecule has 0 radical (unpaired) electrons. The normalized spacial score (nSPS) is 13.1. The maximum absolute atomic E-state index is 12.6. The van der Waals surface area contributed by atoms with E-state index in [0.29, 0.717) is 10.6 Å². The monoisotopic (exact) mass is 379 g/mol. The molecule has 1 aliphatic rings. The summed E-state index contributed by atoms with van der Waals surface area (Å²) >= 11 is 0. The number of hydrogen-bond donors (Lipinski definition) is 1. The number of nitro groups is 2. The summed E-state index contributed by atoms with van der Waals surface area (Å²) < 4.78 is 0. The summed E-state index contributed by atoms with van der Waals surface area (Å²) in [6.45, 7) is 0. The van der Waals surface area contributed by atoms with Crippen LogP contribution in [-0.2, 0) is 0 Å². The smallest absolute Gasteiger partial charge is 0.267 e. The maximum Gasteiger partial charge on any atom is 0.302 e. The predicted octanol–water partition coefficient (Wildman–Crippen LogP) is 2.19. The number of hydrazine groups is 1. The van der Waals surface area contributed by atoms with Crippen LogP contribution in [0.4, 0.5) is 11.4 Å². The van der Waals surface area contributed by atoms with Crippen molar-refractivity contribution in [3.05, 3.63) is 73.8 Å². The average Bonchev–Trinajstić information content (AvgIpc) is 2.91. The van der Waals surface area contributed by atoms with Crippen molar-refractivity contribution < 1.29 is 19.4 Å². The minimum absolute atomic E-state index is 0.0337. The van der Waals surface area contributed by atoms with Crippen LogP contribution in [-0.4, -0.2) is 31.7 Å². The molecule has 0 fully saturated rings. The number of nitrogens with two attached hydrogens (primary N) is 1. The predicted molar refractivity (Wildman–Crippen MR) is 95.2 cm³/mol. The number of benzene rings is 2. The molecule has 11 nitrogen and oxygen atoms in total. The van der Waals surface area contributed by atoms with Crippen molar-refractivity contribution in [2.24, 2.45) is 5.84 Å². The van der Waals surface area contributed by atoms with Crippen LogP contribution in [0.2, 0.25) is 0 Å². The van der Waals surface area contributed by atoms with Crippen molar-refractivity contribution in [2.75, 3.05) is 0 Å². The third-order valence-corrected chi connectivity index (χ3v) is 4.37. The van der Waals surface area contributed by atoms with Gasteiger partial charge in [0.2, 0.25) is 0 Å². The van der Waals surface area contributed by atoms with E-state index in [9.17, 15) is 29.8 Å². The van der Waals surface area contributed by atoms with E-state index in [0.717, 1.165) is 12.1 Å². The third-order valence-electron chi connectivity index (χ3n) is 4.37. The molecule has 0 spiro atoms. The summed E-state index contributed by atoms with van der Waals surface area (Å²) in [7, 11) is 0. The average molecular weight is 379 g/mol. The van der Waals surface area contributed by atoms with Crippen LogP contribution >= 0.6 is 0 Å². The van der Waals surface area contributed by atoms with Crippen molar-refractivity contribution in [3.8, 4) is 11.3 Å². The minimum Gasteiger partial charge on any atom is -0.267 e. The summed E-state index contributed by atoms with van der Waals surface area (Å²) in [5.41, 5.74) is -1.43. The van der Waals surface area contributed by atoms with Crippen molar-refractivity contribution in [2.45, 2.75) is 0 Å². The number of hydrogen-bond acceptors (Lipinski definition) is 8. The van der Waals surface area contributed by atoms with Gasteiger partial charge in [0.25, 0.3) is 17.5 Å². The molecule has 0 saturated carbocycles. The third kappa shape index (κ3) is 2.30. The Morgan fingerprint density at radius 2 is 1.57 bits per heavy atom. The quantitative estimate of drug-likeness (QED) is 0.238. The standard InChI is InChI=1S/C17H9N5O6/c18-20-16(23)12-10-6-9(21(25)26)7-11(22(27)28)15(10)19-14(13(12)17(20)24)8-4-2-1-3-5-8/h1-7H,18H2. The lowest BCUT2D eigenvalue weighted by Crippen LogP contribution is -2.36. The highest BCUT2D eigenvalue weighted by molar-refractivity contribution is 6.28. The van der Waals surface area contributed by atoms with Crippen molar-refractivity contribution in [3.63, 3.8) is 0 Å². The number of nitro benzene ring substituents is 2. The van der Waals surface area contributed by atoms with Crippen LogP contribution in [0.1, 0.15) is 20.7 Å². The van der Waals surface area contributed by atoms with E-state index >= 15 is 0 Å². The Morgan fingerprint density at radius 1 is 0.929 bits per heavy atom. The number of non-ortho nitro benzene ring substituents is 2. The van der Waals surface area contributed by atoms with Crippen molar-refractivity contribution in [1.82, 2.24) is 9.99 Å². The molecule has 0 saturated heterocycles. The van der Waals surface area contributed by atoms with Gasteiger partial charge in [-0.2, -0.15) is 0 Å². The molecule has 2 aromatic carbocycles. The molecule has 0 atom stereocenters. The fourth-order valence-corrected chi connectivity index (χ4v) is 3.15. The number of fused-ring (bicyclic) bond motifs is 3. The molecule has 0 bridgehead atoms. The second kappa shape index (κ2) is 5.89. The number of pyridine rings is 1. The summed E-state index contributed by atoms with van der Waals surface area (Å²) in [6.07, 6.45) is 0. The second-order valence-electron chi connectivity index (χ2n) is 5.93. The second-order valence-corrected chi connectivity index (χ2v) is 5.93. The highest BCUT2D eigenvalue weighted by Gasteiger charge is 2.40. The first-order valence-electron chi connectivity index (χ1n) is 7.80. The fourth-order valence-electron chi connectivity index (χ4n) is 3.15. The lowest BCUT2D eigenvalue weighted by molar-refractivity contribution is -0.393. The van der Waals surface area contributed by atoms with E-state index in [1.807, 2.05) is 0 Å². The van der Waals surface area contributed by atoms with E-state index in [4.69, 9.17) is 5.84 Å². The summed E-state index contributed by atoms with van der Waals surface area (Å²) in [6, 6.07) is 10.0. The first-order chi connectivity index (χ1) is 13.3. The van der Waals surface area contributed by atoms with Crippen molar-refractivity contribution >= 4 is 34.1 Å². The molecular formula is C17H9N5O6. The molecule has 2 amide bonds. The van der Waals surface area contributed by atoms with E-state index < -0.39 is 33.0 Å². The zero-order valence-corrected chi connectivity index (χ0v) is 13.9. The molecule has 0 unspecified atom stereocenters. The first-order valence-corrected chi connectivity index (χ1v) is 7.80. The molecule has 138 valence electrons. The molecular weight excluding hydrogens is 370 g/mol. The van der Waals surface area contributed by atoms with Gasteiger partial charge in [0.15, 0.2) is 0 Å². The Kier molecular flexibility index (Phi) is 3.61. The molecule has 2 N–H and O–H groups in total. The lowest BCUT2D eigenvalue weighted by atomic mass is 9.97. The first kappa shape index (κ1) is 17.2. The van der Waals surface area contributed by atoms with Gasteiger partial charge >= 0.3 is 5.69 Å². The zero-order chi connectivity index (χ0) is 20.2. The fraction of sp³-hybridized carbons (Fsp3) is 0. The van der Waals surface area contributed by atoms with Gasteiger partial charge in [0.1, 0.15) is 5.52 Å².